The lowest BCUT2D eigenvalue weighted by atomic mass is 9.94. The lowest BCUT2D eigenvalue weighted by Gasteiger charge is -2.15. The summed E-state index contributed by atoms with van der Waals surface area (Å²) >= 11 is 0. The van der Waals surface area contributed by atoms with Gasteiger partial charge in [0.05, 0.1) is 0 Å². The van der Waals surface area contributed by atoms with Gasteiger partial charge < -0.3 is 16.2 Å². The van der Waals surface area contributed by atoms with Crippen molar-refractivity contribution in [3.8, 4) is 5.75 Å². The Labute approximate surface area is 127 Å². The van der Waals surface area contributed by atoms with E-state index in [1.807, 2.05) is 26.0 Å². The molecule has 1 amide bonds. The number of benzene rings is 1. The van der Waals surface area contributed by atoms with E-state index in [4.69, 9.17) is 5.73 Å². The van der Waals surface area contributed by atoms with Crippen molar-refractivity contribution in [2.24, 2.45) is 11.7 Å². The van der Waals surface area contributed by atoms with Gasteiger partial charge in [0.15, 0.2) is 0 Å². The Morgan fingerprint density at radius 2 is 2.00 bits per heavy atom. The number of anilines is 1. The van der Waals surface area contributed by atoms with Crippen LogP contribution in [0.25, 0.3) is 0 Å². The first-order valence-electron chi connectivity index (χ1n) is 7.78. The highest BCUT2D eigenvalue weighted by molar-refractivity contribution is 5.91. The van der Waals surface area contributed by atoms with Crippen LogP contribution in [0.5, 0.6) is 5.75 Å². The standard InChI is InChI=1S/C17H28N2O2/c1-4-5-14(10-11-18)7-9-16(20)19-15-8-6-12(2)17(21)13(15)3/h6,8,14,21H,4-5,7,9-11,18H2,1-3H3,(H,19,20). The first-order valence-corrected chi connectivity index (χ1v) is 7.78. The number of aromatic hydroxyl groups is 1. The molecule has 1 unspecified atom stereocenters. The molecule has 21 heavy (non-hydrogen) atoms. The topological polar surface area (TPSA) is 75.4 Å². The maximum absolute atomic E-state index is 12.0. The second-order valence-electron chi connectivity index (χ2n) is 5.72. The monoisotopic (exact) mass is 292 g/mol. The van der Waals surface area contributed by atoms with Gasteiger partial charge in [-0.1, -0.05) is 25.8 Å². The normalized spacial score (nSPS) is 12.2. The summed E-state index contributed by atoms with van der Waals surface area (Å²) in [6, 6.07) is 3.65. The number of hydrogen-bond donors (Lipinski definition) is 3. The molecule has 0 saturated heterocycles. The van der Waals surface area contributed by atoms with E-state index in [2.05, 4.69) is 12.2 Å². The molecule has 1 rings (SSSR count). The van der Waals surface area contributed by atoms with Crippen molar-refractivity contribution in [3.05, 3.63) is 23.3 Å². The van der Waals surface area contributed by atoms with Gasteiger partial charge in [-0.3, -0.25) is 4.79 Å². The van der Waals surface area contributed by atoms with Crippen LogP contribution >= 0.6 is 0 Å². The fourth-order valence-corrected chi connectivity index (χ4v) is 2.60. The lowest BCUT2D eigenvalue weighted by Crippen LogP contribution is -2.16. The molecule has 4 nitrogen and oxygen atoms in total. The van der Waals surface area contributed by atoms with Gasteiger partial charge in [-0.15, -0.1) is 0 Å². The van der Waals surface area contributed by atoms with Crippen LogP contribution in [0.1, 0.15) is 50.2 Å². The number of amides is 1. The number of phenolic OH excluding ortho intramolecular Hbond substituents is 1. The molecule has 0 spiro atoms. The minimum Gasteiger partial charge on any atom is -0.507 e. The van der Waals surface area contributed by atoms with Crippen molar-refractivity contribution in [1.29, 1.82) is 0 Å². The lowest BCUT2D eigenvalue weighted by molar-refractivity contribution is -0.116. The van der Waals surface area contributed by atoms with Crippen molar-refractivity contribution in [1.82, 2.24) is 0 Å². The molecule has 0 fully saturated rings. The number of carbonyl (C=O) groups is 1. The van der Waals surface area contributed by atoms with E-state index < -0.39 is 0 Å². The molecule has 0 aliphatic heterocycles. The summed E-state index contributed by atoms with van der Waals surface area (Å²) in [6.07, 6.45) is 4.59. The van der Waals surface area contributed by atoms with E-state index >= 15 is 0 Å². The van der Waals surface area contributed by atoms with E-state index in [9.17, 15) is 9.90 Å². The van der Waals surface area contributed by atoms with Gasteiger partial charge in [0.25, 0.3) is 0 Å². The third-order valence-corrected chi connectivity index (χ3v) is 3.96. The summed E-state index contributed by atoms with van der Waals surface area (Å²) in [4.78, 5) is 12.0. The highest BCUT2D eigenvalue weighted by Gasteiger charge is 2.12. The summed E-state index contributed by atoms with van der Waals surface area (Å²) < 4.78 is 0. The first kappa shape index (κ1) is 17.5. The highest BCUT2D eigenvalue weighted by atomic mass is 16.3. The molecule has 0 radical (unpaired) electrons. The van der Waals surface area contributed by atoms with Crippen LogP contribution in [0.4, 0.5) is 5.69 Å². The van der Waals surface area contributed by atoms with E-state index in [1.54, 1.807) is 0 Å². The molecule has 4 heteroatoms. The summed E-state index contributed by atoms with van der Waals surface area (Å²) in [6.45, 7) is 6.49. The average Bonchev–Trinajstić information content (AvgIpc) is 2.46. The Bertz CT molecular complexity index is 466. The maximum atomic E-state index is 12.0. The minimum absolute atomic E-state index is 0.000484. The Kier molecular flexibility index (Phi) is 7.23. The molecule has 0 saturated carbocycles. The van der Waals surface area contributed by atoms with Gasteiger partial charge in [-0.05, 0) is 50.8 Å². The zero-order chi connectivity index (χ0) is 15.8. The van der Waals surface area contributed by atoms with Crippen LogP contribution in [0.15, 0.2) is 12.1 Å². The van der Waals surface area contributed by atoms with Crippen LogP contribution in [0.3, 0.4) is 0 Å². The van der Waals surface area contributed by atoms with Crippen LogP contribution in [0.2, 0.25) is 0 Å². The number of hydrogen-bond acceptors (Lipinski definition) is 3. The predicted molar refractivity (Wildman–Crippen MR) is 87.5 cm³/mol. The van der Waals surface area contributed by atoms with Crippen molar-refractivity contribution in [3.63, 3.8) is 0 Å². The fourth-order valence-electron chi connectivity index (χ4n) is 2.60. The third kappa shape index (κ3) is 5.38. The van der Waals surface area contributed by atoms with Gasteiger partial charge >= 0.3 is 0 Å². The van der Waals surface area contributed by atoms with Gasteiger partial charge in [-0.25, -0.2) is 0 Å². The van der Waals surface area contributed by atoms with Crippen LogP contribution in [-0.4, -0.2) is 17.6 Å². The van der Waals surface area contributed by atoms with Crippen molar-refractivity contribution in [2.75, 3.05) is 11.9 Å². The molecule has 1 aromatic carbocycles. The van der Waals surface area contributed by atoms with Gasteiger partial charge in [-0.2, -0.15) is 0 Å². The highest BCUT2D eigenvalue weighted by Crippen LogP contribution is 2.28. The van der Waals surface area contributed by atoms with E-state index in [0.29, 0.717) is 24.6 Å². The largest absolute Gasteiger partial charge is 0.507 e. The Morgan fingerprint density at radius 1 is 1.29 bits per heavy atom. The zero-order valence-corrected chi connectivity index (χ0v) is 13.4. The second kappa shape index (κ2) is 8.67. The predicted octanol–water partition coefficient (Wildman–Crippen LogP) is 3.49. The Balaban J connectivity index is 2.56. The molecule has 4 N–H and O–H groups in total. The average molecular weight is 292 g/mol. The maximum Gasteiger partial charge on any atom is 0.224 e. The fraction of sp³-hybridized carbons (Fsp3) is 0.588. The molecular formula is C17H28N2O2. The molecule has 0 bridgehead atoms. The number of nitrogens with one attached hydrogen (secondary N) is 1. The van der Waals surface area contributed by atoms with E-state index in [0.717, 1.165) is 36.8 Å². The van der Waals surface area contributed by atoms with Crippen LogP contribution in [-0.2, 0) is 4.79 Å². The quantitative estimate of drug-likeness (QED) is 0.686. The summed E-state index contributed by atoms with van der Waals surface area (Å²) in [5.74, 6) is 0.775. The number of aryl methyl sites for hydroxylation is 1. The molecule has 0 aliphatic rings. The third-order valence-electron chi connectivity index (χ3n) is 3.96. The number of rotatable bonds is 8. The Hall–Kier alpha value is -1.55. The zero-order valence-electron chi connectivity index (χ0n) is 13.4. The van der Waals surface area contributed by atoms with E-state index in [-0.39, 0.29) is 11.7 Å². The molecule has 118 valence electrons. The molecule has 0 heterocycles. The molecule has 1 atom stereocenters. The van der Waals surface area contributed by atoms with Crippen molar-refractivity contribution in [2.45, 2.75) is 52.9 Å². The first-order chi connectivity index (χ1) is 9.99. The van der Waals surface area contributed by atoms with Crippen LogP contribution in [0, 0.1) is 19.8 Å². The van der Waals surface area contributed by atoms with Crippen LogP contribution < -0.4 is 11.1 Å². The Morgan fingerprint density at radius 3 is 2.62 bits per heavy atom. The minimum atomic E-state index is -0.000484. The van der Waals surface area contributed by atoms with Gasteiger partial charge in [0.1, 0.15) is 5.75 Å². The second-order valence-corrected chi connectivity index (χ2v) is 5.72. The number of nitrogens with two attached hydrogens (primary N) is 1. The SMILES string of the molecule is CCCC(CCN)CCC(=O)Nc1ccc(C)c(O)c1C. The number of carbonyl (C=O) groups excluding carboxylic acids is 1. The van der Waals surface area contributed by atoms with Crippen molar-refractivity contribution >= 4 is 11.6 Å². The molecule has 0 aliphatic carbocycles. The van der Waals surface area contributed by atoms with Crippen molar-refractivity contribution < 1.29 is 9.90 Å². The molecule has 1 aromatic rings. The molecular weight excluding hydrogens is 264 g/mol. The summed E-state index contributed by atoms with van der Waals surface area (Å²) in [5, 5.41) is 12.8. The van der Waals surface area contributed by atoms with Gasteiger partial charge in [0.2, 0.25) is 5.91 Å². The van der Waals surface area contributed by atoms with Gasteiger partial charge in [0, 0.05) is 17.7 Å². The smallest absolute Gasteiger partial charge is 0.224 e. The van der Waals surface area contributed by atoms with E-state index in [1.165, 1.54) is 0 Å². The summed E-state index contributed by atoms with van der Waals surface area (Å²) in [5.41, 5.74) is 7.83. The molecule has 0 aromatic heterocycles. The summed E-state index contributed by atoms with van der Waals surface area (Å²) in [7, 11) is 0. The number of phenols is 1.